The van der Waals surface area contributed by atoms with Crippen molar-refractivity contribution >= 4 is 22.9 Å². The summed E-state index contributed by atoms with van der Waals surface area (Å²) in [5.74, 6) is 2.46. The number of rotatable bonds is 6. The number of hydrogen-bond donors (Lipinski definition) is 3. The molecular formula is C14H20N6. The average molecular weight is 272 g/mol. The van der Waals surface area contributed by atoms with E-state index in [0.717, 1.165) is 36.0 Å². The summed E-state index contributed by atoms with van der Waals surface area (Å²) in [6.07, 6.45) is 7.22. The Kier molecular flexibility index (Phi) is 2.58. The molecule has 4 rings (SSSR count). The van der Waals surface area contributed by atoms with Gasteiger partial charge in [0.15, 0.2) is 11.5 Å². The van der Waals surface area contributed by atoms with E-state index in [2.05, 4.69) is 30.6 Å². The number of fused-ring (bicyclic) bond motifs is 1. The first-order valence-electron chi connectivity index (χ1n) is 7.49. The monoisotopic (exact) mass is 272 g/mol. The van der Waals surface area contributed by atoms with Crippen LogP contribution in [0.25, 0.3) is 11.2 Å². The lowest BCUT2D eigenvalue weighted by Crippen LogP contribution is -2.18. The van der Waals surface area contributed by atoms with E-state index in [9.17, 15) is 0 Å². The molecule has 0 bridgehead atoms. The number of aromatic amines is 1. The molecule has 2 aromatic heterocycles. The van der Waals surface area contributed by atoms with Gasteiger partial charge in [0.05, 0.1) is 6.33 Å². The van der Waals surface area contributed by atoms with Crippen molar-refractivity contribution in [1.82, 2.24) is 19.9 Å². The maximum atomic E-state index is 4.57. The molecule has 2 aliphatic carbocycles. The highest BCUT2D eigenvalue weighted by Crippen LogP contribution is 2.61. The minimum absolute atomic E-state index is 0.551. The summed E-state index contributed by atoms with van der Waals surface area (Å²) in [5.41, 5.74) is 2.17. The first kappa shape index (κ1) is 11.9. The summed E-state index contributed by atoms with van der Waals surface area (Å²) in [6, 6.07) is 0. The molecule has 2 fully saturated rings. The normalized spacial score (nSPS) is 20.1. The molecule has 0 atom stereocenters. The van der Waals surface area contributed by atoms with Crippen LogP contribution in [0.5, 0.6) is 0 Å². The van der Waals surface area contributed by atoms with Gasteiger partial charge in [0.1, 0.15) is 5.52 Å². The number of nitrogens with one attached hydrogen (secondary N) is 3. The van der Waals surface area contributed by atoms with Gasteiger partial charge < -0.3 is 15.6 Å². The Morgan fingerprint density at radius 3 is 2.85 bits per heavy atom. The Labute approximate surface area is 117 Å². The fourth-order valence-corrected chi connectivity index (χ4v) is 3.04. The van der Waals surface area contributed by atoms with Crippen LogP contribution in [-0.4, -0.2) is 33.0 Å². The molecule has 0 saturated heterocycles. The molecule has 0 aliphatic heterocycles. The SMILES string of the molecule is CCNc1nc(NCC2(C3CC3)CC2)c2[nH]cnc2n1. The van der Waals surface area contributed by atoms with Crippen LogP contribution in [0.4, 0.5) is 11.8 Å². The van der Waals surface area contributed by atoms with Crippen molar-refractivity contribution in [1.29, 1.82) is 0 Å². The number of anilines is 2. The molecule has 106 valence electrons. The predicted octanol–water partition coefficient (Wildman–Crippen LogP) is 2.39. The van der Waals surface area contributed by atoms with E-state index in [4.69, 9.17) is 0 Å². The third-order valence-electron chi connectivity index (χ3n) is 4.56. The molecular weight excluding hydrogens is 252 g/mol. The van der Waals surface area contributed by atoms with Gasteiger partial charge in [0.2, 0.25) is 5.95 Å². The van der Waals surface area contributed by atoms with Crippen LogP contribution in [0.3, 0.4) is 0 Å². The lowest BCUT2D eigenvalue weighted by atomic mass is 10.0. The maximum Gasteiger partial charge on any atom is 0.226 e. The quantitative estimate of drug-likeness (QED) is 0.752. The standard InChI is InChI=1S/C14H20N6/c1-2-15-13-19-11(10-12(20-13)18-8-17-10)16-7-14(5-6-14)9-3-4-9/h8-9H,2-7H2,1H3,(H3,15,16,17,18,19,20). The summed E-state index contributed by atoms with van der Waals surface area (Å²) in [7, 11) is 0. The fourth-order valence-electron chi connectivity index (χ4n) is 3.04. The van der Waals surface area contributed by atoms with Crippen molar-refractivity contribution in [2.75, 3.05) is 23.7 Å². The van der Waals surface area contributed by atoms with Gasteiger partial charge in [0.25, 0.3) is 0 Å². The fraction of sp³-hybridized carbons (Fsp3) is 0.643. The van der Waals surface area contributed by atoms with E-state index in [1.54, 1.807) is 6.33 Å². The van der Waals surface area contributed by atoms with E-state index in [1.165, 1.54) is 25.7 Å². The van der Waals surface area contributed by atoms with Crippen molar-refractivity contribution in [2.24, 2.45) is 11.3 Å². The zero-order chi connectivity index (χ0) is 13.6. The number of aromatic nitrogens is 4. The Hall–Kier alpha value is -1.85. The number of H-pyrrole nitrogens is 1. The molecule has 0 unspecified atom stereocenters. The molecule has 0 aromatic carbocycles. The molecule has 2 heterocycles. The molecule has 2 aliphatic rings. The molecule has 0 radical (unpaired) electrons. The third-order valence-corrected chi connectivity index (χ3v) is 4.56. The second-order valence-electron chi connectivity index (χ2n) is 6.02. The van der Waals surface area contributed by atoms with Crippen LogP contribution >= 0.6 is 0 Å². The lowest BCUT2D eigenvalue weighted by molar-refractivity contribution is 0.466. The topological polar surface area (TPSA) is 78.5 Å². The molecule has 0 amide bonds. The van der Waals surface area contributed by atoms with Crippen molar-refractivity contribution in [3.8, 4) is 0 Å². The van der Waals surface area contributed by atoms with Gasteiger partial charge in [-0.15, -0.1) is 0 Å². The Balaban J connectivity index is 1.59. The van der Waals surface area contributed by atoms with E-state index in [0.29, 0.717) is 11.4 Å². The average Bonchev–Trinajstić information content (AvgIpc) is 3.34. The van der Waals surface area contributed by atoms with Crippen molar-refractivity contribution < 1.29 is 0 Å². The van der Waals surface area contributed by atoms with Crippen molar-refractivity contribution in [3.63, 3.8) is 0 Å². The highest BCUT2D eigenvalue weighted by atomic mass is 15.2. The third kappa shape index (κ3) is 1.99. The lowest BCUT2D eigenvalue weighted by Gasteiger charge is -2.16. The van der Waals surface area contributed by atoms with Crippen LogP contribution < -0.4 is 10.6 Å². The van der Waals surface area contributed by atoms with Crippen molar-refractivity contribution in [2.45, 2.75) is 32.6 Å². The van der Waals surface area contributed by atoms with E-state index in [1.807, 2.05) is 6.92 Å². The number of imidazole rings is 1. The zero-order valence-electron chi connectivity index (χ0n) is 11.7. The van der Waals surface area contributed by atoms with Gasteiger partial charge in [-0.2, -0.15) is 9.97 Å². The first-order chi connectivity index (χ1) is 9.81. The predicted molar refractivity (Wildman–Crippen MR) is 78.7 cm³/mol. The second-order valence-corrected chi connectivity index (χ2v) is 6.02. The van der Waals surface area contributed by atoms with Gasteiger partial charge in [-0.25, -0.2) is 4.98 Å². The minimum Gasteiger partial charge on any atom is -0.368 e. The largest absolute Gasteiger partial charge is 0.368 e. The van der Waals surface area contributed by atoms with Gasteiger partial charge in [0, 0.05) is 13.1 Å². The summed E-state index contributed by atoms with van der Waals surface area (Å²) in [4.78, 5) is 16.3. The second kappa shape index (κ2) is 4.33. The molecule has 2 saturated carbocycles. The van der Waals surface area contributed by atoms with E-state index in [-0.39, 0.29) is 0 Å². The summed E-state index contributed by atoms with van der Waals surface area (Å²) in [5, 5.41) is 6.70. The van der Waals surface area contributed by atoms with Gasteiger partial charge in [-0.1, -0.05) is 0 Å². The van der Waals surface area contributed by atoms with Gasteiger partial charge in [-0.3, -0.25) is 0 Å². The van der Waals surface area contributed by atoms with Crippen LogP contribution in [-0.2, 0) is 0 Å². The number of nitrogens with zero attached hydrogens (tertiary/aromatic N) is 3. The number of hydrogen-bond acceptors (Lipinski definition) is 5. The van der Waals surface area contributed by atoms with E-state index < -0.39 is 0 Å². The Morgan fingerprint density at radius 1 is 1.30 bits per heavy atom. The van der Waals surface area contributed by atoms with Crippen LogP contribution in [0.2, 0.25) is 0 Å². The Morgan fingerprint density at radius 2 is 2.15 bits per heavy atom. The van der Waals surface area contributed by atoms with Crippen LogP contribution in [0, 0.1) is 11.3 Å². The molecule has 2 aromatic rings. The first-order valence-corrected chi connectivity index (χ1v) is 7.49. The van der Waals surface area contributed by atoms with Crippen molar-refractivity contribution in [3.05, 3.63) is 6.33 Å². The molecule has 6 nitrogen and oxygen atoms in total. The molecule has 20 heavy (non-hydrogen) atoms. The van der Waals surface area contributed by atoms with Gasteiger partial charge >= 0.3 is 0 Å². The highest BCUT2D eigenvalue weighted by molar-refractivity contribution is 5.83. The Bertz CT molecular complexity index is 626. The highest BCUT2D eigenvalue weighted by Gasteiger charge is 2.53. The smallest absolute Gasteiger partial charge is 0.226 e. The zero-order valence-corrected chi connectivity index (χ0v) is 11.7. The van der Waals surface area contributed by atoms with Gasteiger partial charge in [-0.05, 0) is 43.9 Å². The molecule has 0 spiro atoms. The summed E-state index contributed by atoms with van der Waals surface area (Å²) < 4.78 is 0. The summed E-state index contributed by atoms with van der Waals surface area (Å²) >= 11 is 0. The minimum atomic E-state index is 0.551. The maximum absolute atomic E-state index is 4.57. The van der Waals surface area contributed by atoms with Crippen LogP contribution in [0.15, 0.2) is 6.33 Å². The van der Waals surface area contributed by atoms with E-state index >= 15 is 0 Å². The summed E-state index contributed by atoms with van der Waals surface area (Å²) in [6.45, 7) is 3.87. The molecule has 6 heteroatoms. The molecule has 3 N–H and O–H groups in total. The van der Waals surface area contributed by atoms with Crippen LogP contribution in [0.1, 0.15) is 32.6 Å².